The van der Waals surface area contributed by atoms with Gasteiger partial charge in [0, 0.05) is 55.2 Å². The van der Waals surface area contributed by atoms with Crippen LogP contribution in [0.3, 0.4) is 0 Å². The van der Waals surface area contributed by atoms with Gasteiger partial charge in [-0.1, -0.05) is 12.1 Å². The summed E-state index contributed by atoms with van der Waals surface area (Å²) in [7, 11) is 0. The van der Waals surface area contributed by atoms with Crippen LogP contribution in [0.2, 0.25) is 0 Å². The minimum atomic E-state index is -0.210. The summed E-state index contributed by atoms with van der Waals surface area (Å²) in [5.74, 6) is 3.63. The second-order valence-electron chi connectivity index (χ2n) is 7.89. The van der Waals surface area contributed by atoms with Crippen molar-refractivity contribution in [3.63, 3.8) is 0 Å². The van der Waals surface area contributed by atoms with E-state index < -0.39 is 0 Å². The molecule has 1 spiro atoms. The maximum atomic E-state index is 14.1. The zero-order valence-corrected chi connectivity index (χ0v) is 18.2. The van der Waals surface area contributed by atoms with Gasteiger partial charge in [0.05, 0.1) is 9.77 Å². The fraction of sp³-hybridized carbons (Fsp3) is 0.500. The lowest BCUT2D eigenvalue weighted by Gasteiger charge is -2.36. The quantitative estimate of drug-likeness (QED) is 0.690. The van der Waals surface area contributed by atoms with Gasteiger partial charge in [0.15, 0.2) is 5.76 Å². The maximum absolute atomic E-state index is 14.1. The summed E-state index contributed by atoms with van der Waals surface area (Å²) >= 11 is 4.04. The number of halogens is 1. The molecule has 1 aromatic heterocycles. The average Bonchev–Trinajstić information content (AvgIpc) is 3.34. The van der Waals surface area contributed by atoms with E-state index in [1.807, 2.05) is 39.4 Å². The molecule has 3 aliphatic rings. The van der Waals surface area contributed by atoms with E-state index in [0.29, 0.717) is 37.6 Å². The van der Waals surface area contributed by atoms with Crippen LogP contribution in [0, 0.1) is 12.7 Å². The summed E-state index contributed by atoms with van der Waals surface area (Å²) in [4.78, 5) is 17.1. The van der Waals surface area contributed by atoms with Gasteiger partial charge in [0.25, 0.3) is 5.91 Å². The molecule has 7 heteroatoms. The molecule has 1 amide bonds. The molecule has 0 saturated carbocycles. The third-order valence-corrected chi connectivity index (χ3v) is 9.75. The molecule has 1 aromatic carbocycles. The Labute approximate surface area is 179 Å². The predicted molar refractivity (Wildman–Crippen MR) is 117 cm³/mol. The number of anilines is 1. The number of thioether (sulfide) groups is 2. The first-order valence-corrected chi connectivity index (χ1v) is 12.3. The van der Waals surface area contributed by atoms with Gasteiger partial charge in [-0.3, -0.25) is 4.79 Å². The Bertz CT molecular complexity index is 931. The van der Waals surface area contributed by atoms with Gasteiger partial charge >= 0.3 is 0 Å². The molecule has 3 heterocycles. The van der Waals surface area contributed by atoms with Gasteiger partial charge < -0.3 is 14.2 Å². The molecule has 4 nitrogen and oxygen atoms in total. The van der Waals surface area contributed by atoms with Crippen molar-refractivity contribution in [2.24, 2.45) is 0 Å². The molecule has 29 heavy (non-hydrogen) atoms. The number of rotatable bonds is 2. The highest BCUT2D eigenvalue weighted by Gasteiger charge is 2.45. The number of amides is 1. The number of hydrogen-bond donors (Lipinski definition) is 0. The van der Waals surface area contributed by atoms with E-state index in [1.165, 1.54) is 11.6 Å². The van der Waals surface area contributed by atoms with Crippen LogP contribution in [0.4, 0.5) is 10.1 Å². The number of fused-ring (bicyclic) bond motifs is 2. The summed E-state index contributed by atoms with van der Waals surface area (Å²) < 4.78 is 20.3. The third-order valence-electron chi connectivity index (χ3n) is 6.22. The van der Waals surface area contributed by atoms with Crippen LogP contribution in [0.1, 0.15) is 40.3 Å². The van der Waals surface area contributed by atoms with Crippen LogP contribution in [0.5, 0.6) is 0 Å². The highest BCUT2D eigenvalue weighted by Crippen LogP contribution is 2.59. The third kappa shape index (κ3) is 3.26. The number of aryl methyl sites for hydroxylation is 1. The maximum Gasteiger partial charge on any atom is 0.289 e. The molecular weight excluding hydrogens is 407 g/mol. The number of benzene rings is 1. The topological polar surface area (TPSA) is 36.7 Å². The summed E-state index contributed by atoms with van der Waals surface area (Å²) in [6, 6.07) is 6.84. The van der Waals surface area contributed by atoms with Gasteiger partial charge in [0.1, 0.15) is 11.6 Å². The van der Waals surface area contributed by atoms with Crippen molar-refractivity contribution < 1.29 is 13.6 Å². The highest BCUT2D eigenvalue weighted by atomic mass is 32.2. The first-order valence-electron chi connectivity index (χ1n) is 10.3. The lowest BCUT2D eigenvalue weighted by molar-refractivity contribution is 0.0711. The van der Waals surface area contributed by atoms with Crippen LogP contribution in [0.15, 0.2) is 28.7 Å². The molecule has 2 saturated heterocycles. The van der Waals surface area contributed by atoms with Gasteiger partial charge in [0.2, 0.25) is 0 Å². The Hall–Kier alpha value is -1.60. The molecule has 2 fully saturated rings. The summed E-state index contributed by atoms with van der Waals surface area (Å²) in [6.45, 7) is 4.46. The average molecular weight is 433 g/mol. The largest absolute Gasteiger partial charge is 0.455 e. The smallest absolute Gasteiger partial charge is 0.289 e. The van der Waals surface area contributed by atoms with Crippen LogP contribution < -0.4 is 4.90 Å². The number of carbonyl (C=O) groups excluding carboxylic acids is 1. The first kappa shape index (κ1) is 19.4. The Balaban J connectivity index is 1.35. The molecule has 2 aliphatic heterocycles. The minimum Gasteiger partial charge on any atom is -0.455 e. The number of hydrogen-bond acceptors (Lipinski definition) is 5. The van der Waals surface area contributed by atoms with Gasteiger partial charge in [-0.25, -0.2) is 4.39 Å². The Morgan fingerprint density at radius 3 is 2.59 bits per heavy atom. The summed E-state index contributed by atoms with van der Waals surface area (Å²) in [5, 5.41) is 0. The number of piperazine rings is 1. The zero-order valence-electron chi connectivity index (χ0n) is 16.6. The molecule has 0 atom stereocenters. The van der Waals surface area contributed by atoms with Gasteiger partial charge in [-0.15, -0.1) is 23.5 Å². The van der Waals surface area contributed by atoms with Crippen molar-refractivity contribution in [2.75, 3.05) is 42.6 Å². The van der Waals surface area contributed by atoms with Crippen molar-refractivity contribution >= 4 is 35.1 Å². The second kappa shape index (κ2) is 7.58. The first-order chi connectivity index (χ1) is 14.1. The Kier molecular flexibility index (Phi) is 5.06. The number of nitrogens with zero attached hydrogens (tertiary/aromatic N) is 2. The van der Waals surface area contributed by atoms with Crippen LogP contribution in [0.25, 0.3) is 0 Å². The fourth-order valence-electron chi connectivity index (χ4n) is 4.80. The molecule has 0 bridgehead atoms. The molecule has 0 radical (unpaired) electrons. The van der Waals surface area contributed by atoms with E-state index in [-0.39, 0.29) is 15.8 Å². The van der Waals surface area contributed by atoms with Crippen LogP contribution in [-0.4, -0.2) is 48.5 Å². The minimum absolute atomic E-state index is 0.0202. The second-order valence-corrected chi connectivity index (χ2v) is 10.9. The van der Waals surface area contributed by atoms with Gasteiger partial charge in [-0.05, 0) is 31.9 Å². The Morgan fingerprint density at radius 1 is 1.14 bits per heavy atom. The van der Waals surface area contributed by atoms with Crippen molar-refractivity contribution in [2.45, 2.75) is 30.3 Å². The lowest BCUT2D eigenvalue weighted by Crippen LogP contribution is -2.49. The van der Waals surface area contributed by atoms with Crippen molar-refractivity contribution in [3.05, 3.63) is 52.7 Å². The number of para-hydroxylation sites is 1. The zero-order chi connectivity index (χ0) is 20.0. The molecule has 2 aromatic rings. The van der Waals surface area contributed by atoms with Crippen LogP contribution >= 0.6 is 23.5 Å². The molecule has 5 rings (SSSR count). The summed E-state index contributed by atoms with van der Waals surface area (Å²) in [5.41, 5.74) is 2.93. The van der Waals surface area contributed by atoms with E-state index in [9.17, 15) is 9.18 Å². The molecule has 1 aliphatic carbocycles. The number of furan rings is 1. The highest BCUT2D eigenvalue weighted by molar-refractivity contribution is 8.20. The normalized spacial score (nSPS) is 20.9. The molecular formula is C22H25FN2O2S2. The van der Waals surface area contributed by atoms with Gasteiger partial charge in [-0.2, -0.15) is 0 Å². The number of carbonyl (C=O) groups is 1. The monoisotopic (exact) mass is 432 g/mol. The van der Waals surface area contributed by atoms with E-state index in [1.54, 1.807) is 12.1 Å². The predicted octanol–water partition coefficient (Wildman–Crippen LogP) is 4.66. The Morgan fingerprint density at radius 2 is 1.86 bits per heavy atom. The molecule has 0 N–H and O–H groups in total. The van der Waals surface area contributed by atoms with E-state index in [0.717, 1.165) is 42.1 Å². The lowest BCUT2D eigenvalue weighted by atomic mass is 9.94. The van der Waals surface area contributed by atoms with Crippen molar-refractivity contribution in [3.8, 4) is 0 Å². The van der Waals surface area contributed by atoms with Crippen LogP contribution in [-0.2, 0) is 10.5 Å². The standard InChI is InChI=1S/C22H25FN2O2S2/c1-15-19-18(7-4-8-22(19)28-13-14-29-22)27-20(15)21(26)25-11-9-24(10-12-25)17-6-3-2-5-16(17)23/h2-3,5-6H,4,7-14H2,1H3. The van der Waals surface area contributed by atoms with Crippen molar-refractivity contribution in [1.29, 1.82) is 0 Å². The summed E-state index contributed by atoms with van der Waals surface area (Å²) in [6.07, 6.45) is 3.20. The fourth-order valence-corrected chi connectivity index (χ4v) is 8.36. The van der Waals surface area contributed by atoms with E-state index >= 15 is 0 Å². The molecule has 0 unspecified atom stereocenters. The SMILES string of the molecule is Cc1c(C(=O)N2CCN(c3ccccc3F)CC2)oc2c1C1(CCC2)SCCS1. The van der Waals surface area contributed by atoms with E-state index in [2.05, 4.69) is 6.92 Å². The molecule has 154 valence electrons. The van der Waals surface area contributed by atoms with Crippen molar-refractivity contribution in [1.82, 2.24) is 4.90 Å². The van der Waals surface area contributed by atoms with E-state index in [4.69, 9.17) is 4.42 Å².